The summed E-state index contributed by atoms with van der Waals surface area (Å²) in [7, 11) is 2.17. The lowest BCUT2D eigenvalue weighted by molar-refractivity contribution is -0.661. The van der Waals surface area contributed by atoms with Crippen molar-refractivity contribution < 1.29 is 8.98 Å². The molecule has 5 aromatic rings. The molecule has 0 aliphatic heterocycles. The summed E-state index contributed by atoms with van der Waals surface area (Å²) >= 11 is 0. The molecule has 2 nitrogen and oxygen atoms in total. The Hall–Kier alpha value is -3.13. The molecular weight excluding hydrogens is 378 g/mol. The molecule has 0 N–H and O–H groups in total. The summed E-state index contributed by atoms with van der Waals surface area (Å²) in [5, 5.41) is 5.04. The molecular formula is C29H28NO+. The van der Waals surface area contributed by atoms with Crippen molar-refractivity contribution in [3.63, 3.8) is 0 Å². The van der Waals surface area contributed by atoms with Crippen LogP contribution in [-0.4, -0.2) is 0 Å². The van der Waals surface area contributed by atoms with Crippen molar-refractivity contribution in [2.24, 2.45) is 7.05 Å². The molecule has 0 saturated carbocycles. The second-order valence-corrected chi connectivity index (χ2v) is 10.2. The van der Waals surface area contributed by atoms with E-state index in [1.807, 2.05) is 0 Å². The average molecular weight is 407 g/mol. The predicted octanol–water partition coefficient (Wildman–Crippen LogP) is 7.11. The summed E-state index contributed by atoms with van der Waals surface area (Å²) < 4.78 is 8.78. The second kappa shape index (κ2) is 5.76. The molecule has 0 fully saturated rings. The van der Waals surface area contributed by atoms with Gasteiger partial charge in [-0.2, -0.15) is 0 Å². The van der Waals surface area contributed by atoms with Crippen LogP contribution in [0.1, 0.15) is 44.4 Å². The maximum Gasteiger partial charge on any atom is 0.216 e. The van der Waals surface area contributed by atoms with Gasteiger partial charge in [-0.1, -0.05) is 58.0 Å². The van der Waals surface area contributed by atoms with Crippen molar-refractivity contribution in [2.45, 2.75) is 45.4 Å². The van der Waals surface area contributed by atoms with Gasteiger partial charge in [0.15, 0.2) is 6.20 Å². The standard InChI is InChI=1S/C29H28NO/c1-17-16-22-25(24-19-11-8-7-10-18(19)13-14-21(24)31-22)26-23(17)27-20(12-9-15-30(27)6)28(2,3)29(26,4)5/h7-16H,1-6H3/q+1. The molecule has 1 aliphatic rings. The fourth-order valence-electron chi connectivity index (χ4n) is 5.83. The van der Waals surface area contributed by atoms with Gasteiger partial charge in [-0.05, 0) is 47.0 Å². The molecule has 0 amide bonds. The van der Waals surface area contributed by atoms with E-state index in [0.717, 1.165) is 11.2 Å². The number of hydrogen-bond donors (Lipinski definition) is 0. The fraction of sp³-hybridized carbons (Fsp3) is 0.276. The number of aryl methyl sites for hydroxylation is 2. The van der Waals surface area contributed by atoms with Gasteiger partial charge in [-0.25, -0.2) is 4.57 Å². The Bertz CT molecular complexity index is 1550. The lowest BCUT2D eigenvalue weighted by Gasteiger charge is -2.47. The van der Waals surface area contributed by atoms with E-state index in [1.54, 1.807) is 0 Å². The van der Waals surface area contributed by atoms with E-state index in [1.165, 1.54) is 49.5 Å². The molecule has 154 valence electrons. The zero-order valence-corrected chi connectivity index (χ0v) is 19.1. The number of hydrogen-bond acceptors (Lipinski definition) is 1. The number of furan rings is 1. The summed E-state index contributed by atoms with van der Waals surface area (Å²) in [6, 6.07) is 19.7. The smallest absolute Gasteiger partial charge is 0.216 e. The summed E-state index contributed by atoms with van der Waals surface area (Å²) in [6.45, 7) is 11.8. The SMILES string of the molecule is Cc1cc2oc3ccc4ccccc4c3c2c2c1-c1c(ccc[n+]1C)C(C)(C)C2(C)C. The van der Waals surface area contributed by atoms with Gasteiger partial charge in [0.2, 0.25) is 5.69 Å². The van der Waals surface area contributed by atoms with Crippen LogP contribution in [0.3, 0.4) is 0 Å². The molecule has 2 heteroatoms. The van der Waals surface area contributed by atoms with E-state index in [4.69, 9.17) is 4.42 Å². The highest BCUT2D eigenvalue weighted by atomic mass is 16.3. The van der Waals surface area contributed by atoms with Crippen molar-refractivity contribution in [1.82, 2.24) is 0 Å². The normalized spacial score (nSPS) is 16.6. The highest BCUT2D eigenvalue weighted by Gasteiger charge is 2.50. The van der Waals surface area contributed by atoms with Crippen molar-refractivity contribution in [3.8, 4) is 11.3 Å². The van der Waals surface area contributed by atoms with Crippen LogP contribution < -0.4 is 4.57 Å². The minimum absolute atomic E-state index is 0.0384. The number of benzene rings is 3. The Morgan fingerprint density at radius 2 is 1.58 bits per heavy atom. The van der Waals surface area contributed by atoms with Crippen LogP contribution in [0.15, 0.2) is 65.2 Å². The first-order valence-corrected chi connectivity index (χ1v) is 11.1. The van der Waals surface area contributed by atoms with Gasteiger partial charge in [0.05, 0.1) is 5.56 Å². The van der Waals surface area contributed by atoms with Crippen LogP contribution in [0.2, 0.25) is 0 Å². The zero-order valence-electron chi connectivity index (χ0n) is 19.1. The molecule has 0 atom stereocenters. The van der Waals surface area contributed by atoms with Crippen LogP contribution in [-0.2, 0) is 17.9 Å². The van der Waals surface area contributed by atoms with Crippen molar-refractivity contribution in [3.05, 3.63) is 77.5 Å². The third-order valence-electron chi connectivity index (χ3n) is 8.13. The highest BCUT2D eigenvalue weighted by Crippen LogP contribution is 2.57. The first-order valence-electron chi connectivity index (χ1n) is 11.1. The van der Waals surface area contributed by atoms with E-state index in [9.17, 15) is 0 Å². The Morgan fingerprint density at radius 1 is 0.806 bits per heavy atom. The van der Waals surface area contributed by atoms with Gasteiger partial charge < -0.3 is 4.42 Å². The average Bonchev–Trinajstić information content (AvgIpc) is 3.10. The minimum atomic E-state index is -0.0816. The third kappa shape index (κ3) is 2.15. The van der Waals surface area contributed by atoms with E-state index >= 15 is 0 Å². The van der Waals surface area contributed by atoms with E-state index in [0.29, 0.717) is 0 Å². The van der Waals surface area contributed by atoms with Gasteiger partial charge >= 0.3 is 0 Å². The maximum atomic E-state index is 6.48. The van der Waals surface area contributed by atoms with Crippen LogP contribution in [0.4, 0.5) is 0 Å². The first-order chi connectivity index (χ1) is 14.7. The molecule has 0 spiro atoms. The number of fused-ring (bicyclic) bond motifs is 9. The molecule has 0 radical (unpaired) electrons. The molecule has 31 heavy (non-hydrogen) atoms. The highest BCUT2D eigenvalue weighted by molar-refractivity contribution is 6.21. The molecule has 0 saturated heterocycles. The summed E-state index contributed by atoms with van der Waals surface area (Å²) in [6.07, 6.45) is 2.17. The molecule has 2 aromatic heterocycles. The van der Waals surface area contributed by atoms with E-state index in [2.05, 4.69) is 107 Å². The quantitative estimate of drug-likeness (QED) is 0.250. The summed E-state index contributed by atoms with van der Waals surface area (Å²) in [5.41, 5.74) is 8.64. The Kier molecular flexibility index (Phi) is 3.46. The van der Waals surface area contributed by atoms with Gasteiger partial charge in [-0.15, -0.1) is 0 Å². The van der Waals surface area contributed by atoms with Crippen LogP contribution in [0.25, 0.3) is 44.0 Å². The van der Waals surface area contributed by atoms with Crippen LogP contribution >= 0.6 is 0 Å². The van der Waals surface area contributed by atoms with Gasteiger partial charge in [0.1, 0.15) is 18.2 Å². The molecule has 3 aromatic carbocycles. The largest absolute Gasteiger partial charge is 0.456 e. The third-order valence-corrected chi connectivity index (χ3v) is 8.13. The Morgan fingerprint density at radius 3 is 2.39 bits per heavy atom. The number of aromatic nitrogens is 1. The maximum absolute atomic E-state index is 6.48. The van der Waals surface area contributed by atoms with Gasteiger partial charge in [-0.3, -0.25) is 0 Å². The monoisotopic (exact) mass is 406 g/mol. The zero-order chi connectivity index (χ0) is 21.7. The summed E-state index contributed by atoms with van der Waals surface area (Å²) in [4.78, 5) is 0. The molecule has 0 unspecified atom stereocenters. The van der Waals surface area contributed by atoms with E-state index in [-0.39, 0.29) is 10.8 Å². The summed E-state index contributed by atoms with van der Waals surface area (Å²) in [5.74, 6) is 0. The number of pyridine rings is 1. The Labute approximate surface area is 183 Å². The lowest BCUT2D eigenvalue weighted by Crippen LogP contribution is -2.48. The van der Waals surface area contributed by atoms with Gasteiger partial charge in [0.25, 0.3) is 0 Å². The molecule has 6 rings (SSSR count). The van der Waals surface area contributed by atoms with Crippen LogP contribution in [0, 0.1) is 6.92 Å². The van der Waals surface area contributed by atoms with Crippen molar-refractivity contribution >= 4 is 32.7 Å². The molecule has 1 aliphatic carbocycles. The topological polar surface area (TPSA) is 17.0 Å². The fourth-order valence-corrected chi connectivity index (χ4v) is 5.83. The first kappa shape index (κ1) is 18.6. The lowest BCUT2D eigenvalue weighted by atomic mass is 9.55. The molecule has 0 bridgehead atoms. The van der Waals surface area contributed by atoms with E-state index < -0.39 is 0 Å². The minimum Gasteiger partial charge on any atom is -0.456 e. The second-order valence-electron chi connectivity index (χ2n) is 10.2. The van der Waals surface area contributed by atoms with Crippen molar-refractivity contribution in [2.75, 3.05) is 0 Å². The van der Waals surface area contributed by atoms with Crippen molar-refractivity contribution in [1.29, 1.82) is 0 Å². The van der Waals surface area contributed by atoms with Gasteiger partial charge in [0, 0.05) is 33.2 Å². The Balaban J connectivity index is 1.94. The number of nitrogens with zero attached hydrogens (tertiary/aromatic N) is 1. The predicted molar refractivity (Wildman–Crippen MR) is 129 cm³/mol. The van der Waals surface area contributed by atoms with Crippen LogP contribution in [0.5, 0.6) is 0 Å². The number of rotatable bonds is 0. The molecule has 2 heterocycles.